The second-order valence-corrected chi connectivity index (χ2v) is 4.60. The molecule has 0 saturated carbocycles. The van der Waals surface area contributed by atoms with Gasteiger partial charge in [0.15, 0.2) is 0 Å². The molecule has 1 aliphatic heterocycles. The van der Waals surface area contributed by atoms with Gasteiger partial charge < -0.3 is 10.2 Å². The molecule has 1 fully saturated rings. The summed E-state index contributed by atoms with van der Waals surface area (Å²) in [6.07, 6.45) is 0. The lowest BCUT2D eigenvalue weighted by molar-refractivity contribution is -0.114. The summed E-state index contributed by atoms with van der Waals surface area (Å²) in [5.41, 5.74) is 0. The van der Waals surface area contributed by atoms with Gasteiger partial charge in [-0.1, -0.05) is 24.0 Å². The highest BCUT2D eigenvalue weighted by atomic mass is 32.2. The Balaban J connectivity index is 2.25. The Labute approximate surface area is 88.2 Å². The molecule has 1 aliphatic rings. The summed E-state index contributed by atoms with van der Waals surface area (Å²) in [4.78, 5) is 12.9. The van der Waals surface area contributed by atoms with Crippen molar-refractivity contribution in [3.8, 4) is 0 Å². The second-order valence-electron chi connectivity index (χ2n) is 2.99. The van der Waals surface area contributed by atoms with E-state index < -0.39 is 0 Å². The average Bonchev–Trinajstić information content (AvgIpc) is 2.15. The molecule has 1 rings (SSSR count). The number of hydrogen-bond donors (Lipinski definition) is 1. The molecule has 0 amide bonds. The van der Waals surface area contributed by atoms with Crippen LogP contribution in [0.5, 0.6) is 0 Å². The number of nitrogens with zero attached hydrogens (tertiary/aromatic N) is 1. The second kappa shape index (κ2) is 5.57. The zero-order chi connectivity index (χ0) is 9.68. The summed E-state index contributed by atoms with van der Waals surface area (Å²) in [5, 5.41) is 3.26. The minimum atomic E-state index is 0.183. The molecule has 1 heterocycles. The van der Waals surface area contributed by atoms with Gasteiger partial charge in [0.2, 0.25) is 0 Å². The molecule has 0 radical (unpaired) electrons. The van der Waals surface area contributed by atoms with Crippen LogP contribution in [0.2, 0.25) is 0 Å². The summed E-state index contributed by atoms with van der Waals surface area (Å²) in [6.45, 7) is 5.49. The molecule has 0 unspecified atom stereocenters. The van der Waals surface area contributed by atoms with E-state index in [0.29, 0.717) is 5.75 Å². The van der Waals surface area contributed by atoms with Gasteiger partial charge in [0.1, 0.15) is 10.1 Å². The van der Waals surface area contributed by atoms with Crippen LogP contribution in [0.4, 0.5) is 0 Å². The molecule has 0 aromatic heterocycles. The molecule has 0 atom stereocenters. The van der Waals surface area contributed by atoms with Gasteiger partial charge in [-0.05, 0) is 6.92 Å². The van der Waals surface area contributed by atoms with Crippen LogP contribution in [0.15, 0.2) is 0 Å². The van der Waals surface area contributed by atoms with Gasteiger partial charge in [-0.3, -0.25) is 4.79 Å². The zero-order valence-electron chi connectivity index (χ0n) is 7.71. The fraction of sp³-hybridized carbons (Fsp3) is 0.750. The zero-order valence-corrected chi connectivity index (χ0v) is 9.34. The molecular weight excluding hydrogens is 204 g/mol. The van der Waals surface area contributed by atoms with Gasteiger partial charge in [0, 0.05) is 26.2 Å². The van der Waals surface area contributed by atoms with Crippen molar-refractivity contribution in [1.29, 1.82) is 0 Å². The Hall–Kier alpha value is -0.130. The number of thiocarbonyl (C=S) groups is 1. The first-order valence-electron chi connectivity index (χ1n) is 4.32. The smallest absolute Gasteiger partial charge is 0.140 e. The van der Waals surface area contributed by atoms with E-state index >= 15 is 0 Å². The van der Waals surface area contributed by atoms with E-state index in [1.807, 2.05) is 0 Å². The van der Waals surface area contributed by atoms with Crippen molar-refractivity contribution in [2.45, 2.75) is 6.92 Å². The van der Waals surface area contributed by atoms with Crippen molar-refractivity contribution in [2.75, 3.05) is 31.9 Å². The van der Waals surface area contributed by atoms with Crippen molar-refractivity contribution in [2.24, 2.45) is 0 Å². The van der Waals surface area contributed by atoms with Crippen LogP contribution >= 0.6 is 24.0 Å². The largest absolute Gasteiger partial charge is 0.355 e. The Morgan fingerprint density at radius 2 is 2.15 bits per heavy atom. The van der Waals surface area contributed by atoms with Crippen LogP contribution < -0.4 is 5.32 Å². The standard InChI is InChI=1S/C8H14N2OS2/c1-7(11)6-13-8(12)10-4-2-9-3-5-10/h9H,2-6H2,1H3. The summed E-state index contributed by atoms with van der Waals surface area (Å²) in [6, 6.07) is 0. The highest BCUT2D eigenvalue weighted by Gasteiger charge is 2.13. The number of rotatable bonds is 2. The third kappa shape index (κ3) is 4.06. The van der Waals surface area contributed by atoms with E-state index in [9.17, 15) is 4.79 Å². The number of carbonyl (C=O) groups is 1. The quantitative estimate of drug-likeness (QED) is 0.682. The highest BCUT2D eigenvalue weighted by molar-refractivity contribution is 8.23. The van der Waals surface area contributed by atoms with Crippen molar-refractivity contribution in [1.82, 2.24) is 10.2 Å². The number of piperazine rings is 1. The van der Waals surface area contributed by atoms with Crippen LogP contribution in [-0.2, 0) is 4.79 Å². The predicted octanol–water partition coefficient (Wildman–Crippen LogP) is 0.499. The van der Waals surface area contributed by atoms with Gasteiger partial charge in [0.05, 0.1) is 5.75 Å². The van der Waals surface area contributed by atoms with Crippen LogP contribution in [0.3, 0.4) is 0 Å². The summed E-state index contributed by atoms with van der Waals surface area (Å²) in [5.74, 6) is 0.686. The van der Waals surface area contributed by atoms with E-state index in [2.05, 4.69) is 10.2 Å². The molecule has 13 heavy (non-hydrogen) atoms. The maximum atomic E-state index is 10.7. The number of hydrogen-bond acceptors (Lipinski definition) is 4. The van der Waals surface area contributed by atoms with E-state index in [0.717, 1.165) is 30.5 Å². The monoisotopic (exact) mass is 218 g/mol. The Morgan fingerprint density at radius 3 is 2.69 bits per heavy atom. The van der Waals surface area contributed by atoms with Gasteiger partial charge >= 0.3 is 0 Å². The summed E-state index contributed by atoms with van der Waals surface area (Å²) in [7, 11) is 0. The maximum absolute atomic E-state index is 10.7. The molecule has 0 aromatic rings. The first kappa shape index (κ1) is 10.9. The molecular formula is C8H14N2OS2. The number of carbonyl (C=O) groups excluding carboxylic acids is 1. The number of Topliss-reactive ketones (excluding diaryl/α,β-unsaturated/α-hetero) is 1. The predicted molar refractivity (Wildman–Crippen MR) is 60.2 cm³/mol. The maximum Gasteiger partial charge on any atom is 0.140 e. The molecule has 0 spiro atoms. The lowest BCUT2D eigenvalue weighted by Crippen LogP contribution is -2.45. The third-order valence-electron chi connectivity index (χ3n) is 1.77. The van der Waals surface area contributed by atoms with E-state index in [1.165, 1.54) is 11.8 Å². The van der Waals surface area contributed by atoms with Gasteiger partial charge in [-0.2, -0.15) is 0 Å². The summed E-state index contributed by atoms with van der Waals surface area (Å²) < 4.78 is 0.858. The third-order valence-corrected chi connectivity index (χ3v) is 3.44. The molecule has 3 nitrogen and oxygen atoms in total. The SMILES string of the molecule is CC(=O)CSC(=S)N1CCNCC1. The van der Waals surface area contributed by atoms with Crippen LogP contribution in [0.1, 0.15) is 6.92 Å². The van der Waals surface area contributed by atoms with E-state index in [-0.39, 0.29) is 5.78 Å². The number of ketones is 1. The normalized spacial score (nSPS) is 17.2. The van der Waals surface area contributed by atoms with E-state index in [1.54, 1.807) is 6.92 Å². The minimum absolute atomic E-state index is 0.183. The topological polar surface area (TPSA) is 32.3 Å². The van der Waals surface area contributed by atoms with Gasteiger partial charge in [0.25, 0.3) is 0 Å². The Bertz CT molecular complexity index is 202. The van der Waals surface area contributed by atoms with Crippen LogP contribution in [0.25, 0.3) is 0 Å². The highest BCUT2D eigenvalue weighted by Crippen LogP contribution is 2.09. The van der Waals surface area contributed by atoms with Crippen molar-refractivity contribution in [3.05, 3.63) is 0 Å². The first-order valence-corrected chi connectivity index (χ1v) is 5.71. The van der Waals surface area contributed by atoms with Crippen LogP contribution in [-0.4, -0.2) is 46.9 Å². The van der Waals surface area contributed by atoms with Gasteiger partial charge in [-0.15, -0.1) is 0 Å². The fourth-order valence-corrected chi connectivity index (χ4v) is 2.15. The molecule has 0 bridgehead atoms. The molecule has 1 saturated heterocycles. The minimum Gasteiger partial charge on any atom is -0.355 e. The Kier molecular flexibility index (Phi) is 4.69. The molecule has 5 heteroatoms. The number of nitrogens with one attached hydrogen (secondary N) is 1. The summed E-state index contributed by atoms with van der Waals surface area (Å²) >= 11 is 6.67. The van der Waals surface area contributed by atoms with Crippen molar-refractivity contribution < 1.29 is 4.79 Å². The molecule has 74 valence electrons. The van der Waals surface area contributed by atoms with E-state index in [4.69, 9.17) is 12.2 Å². The molecule has 0 aliphatic carbocycles. The van der Waals surface area contributed by atoms with Crippen molar-refractivity contribution in [3.63, 3.8) is 0 Å². The average molecular weight is 218 g/mol. The lowest BCUT2D eigenvalue weighted by atomic mass is 10.4. The lowest BCUT2D eigenvalue weighted by Gasteiger charge is -2.28. The first-order chi connectivity index (χ1) is 6.20. The molecule has 1 N–H and O–H groups in total. The fourth-order valence-electron chi connectivity index (χ4n) is 1.10. The van der Waals surface area contributed by atoms with Crippen molar-refractivity contribution >= 4 is 34.1 Å². The Morgan fingerprint density at radius 1 is 1.54 bits per heavy atom. The molecule has 0 aromatic carbocycles. The number of thioether (sulfide) groups is 1. The van der Waals surface area contributed by atoms with Gasteiger partial charge in [-0.25, -0.2) is 0 Å². The van der Waals surface area contributed by atoms with Crippen LogP contribution in [0, 0.1) is 0 Å².